The molecule has 0 saturated carbocycles. The third-order valence-corrected chi connectivity index (χ3v) is 1.61. The zero-order valence-corrected chi connectivity index (χ0v) is 6.22. The van der Waals surface area contributed by atoms with Gasteiger partial charge in [0.2, 0.25) is 0 Å². The topological polar surface area (TPSA) is 112 Å². The fourth-order valence-corrected chi connectivity index (χ4v) is 1.00. The Balaban J connectivity index is 2.87. The van der Waals surface area contributed by atoms with E-state index in [1.54, 1.807) is 5.48 Å². The molecule has 4 N–H and O–H groups in total. The van der Waals surface area contributed by atoms with Crippen LogP contribution in [0.2, 0.25) is 0 Å². The van der Waals surface area contributed by atoms with E-state index in [1.165, 1.54) is 0 Å². The number of anilines is 1. The maximum absolute atomic E-state index is 9.23. The van der Waals surface area contributed by atoms with Crippen LogP contribution in [0.3, 0.4) is 0 Å². The molecule has 7 heteroatoms. The van der Waals surface area contributed by atoms with Gasteiger partial charge in [0.25, 0.3) is 0 Å². The maximum atomic E-state index is 9.23. The van der Waals surface area contributed by atoms with Crippen LogP contribution in [0, 0.1) is 0 Å². The number of phenolic OH excluding ortho intramolecular Hbond substituents is 2. The highest BCUT2D eigenvalue weighted by Crippen LogP contribution is 2.38. The van der Waals surface area contributed by atoms with Crippen molar-refractivity contribution in [1.29, 1.82) is 0 Å². The average Bonchev–Trinajstić information content (AvgIpc) is 2.54. The first-order valence-corrected chi connectivity index (χ1v) is 3.31. The van der Waals surface area contributed by atoms with Gasteiger partial charge < -0.3 is 14.7 Å². The van der Waals surface area contributed by atoms with Gasteiger partial charge in [0.1, 0.15) is 5.69 Å². The molecule has 0 unspecified atom stereocenters. The van der Waals surface area contributed by atoms with Crippen molar-refractivity contribution in [3.63, 3.8) is 0 Å². The molecule has 0 radical (unpaired) electrons. The van der Waals surface area contributed by atoms with Crippen LogP contribution < -0.4 is 5.48 Å². The lowest BCUT2D eigenvalue weighted by molar-refractivity contribution is 0.371. The number of aromatic nitrogens is 2. The van der Waals surface area contributed by atoms with Gasteiger partial charge in [-0.05, 0) is 0 Å². The van der Waals surface area contributed by atoms with Crippen molar-refractivity contribution in [2.45, 2.75) is 0 Å². The predicted octanol–water partition coefficient (Wildman–Crippen LogP) is 0.435. The molecule has 0 bridgehead atoms. The van der Waals surface area contributed by atoms with Crippen LogP contribution >= 0.6 is 0 Å². The Kier molecular flexibility index (Phi) is 1.46. The molecule has 13 heavy (non-hydrogen) atoms. The second kappa shape index (κ2) is 2.49. The lowest BCUT2D eigenvalue weighted by Crippen LogP contribution is -1.91. The summed E-state index contributed by atoms with van der Waals surface area (Å²) in [6.07, 6.45) is 0. The van der Waals surface area contributed by atoms with E-state index in [2.05, 4.69) is 14.9 Å². The summed E-state index contributed by atoms with van der Waals surface area (Å²) in [6, 6.07) is 1.14. The minimum atomic E-state index is -0.509. The molecule has 0 atom stereocenters. The molecule has 68 valence electrons. The first kappa shape index (κ1) is 7.62. The largest absolute Gasteiger partial charge is 0.504 e. The van der Waals surface area contributed by atoms with E-state index < -0.39 is 11.5 Å². The molecule has 0 aliphatic heterocycles. The first-order valence-electron chi connectivity index (χ1n) is 3.31. The normalized spacial score (nSPS) is 10.5. The highest BCUT2D eigenvalue weighted by molar-refractivity contribution is 5.91. The number of aromatic hydroxyl groups is 2. The summed E-state index contributed by atoms with van der Waals surface area (Å²) in [6.45, 7) is 0. The van der Waals surface area contributed by atoms with Gasteiger partial charge in [-0.2, -0.15) is 0 Å². The van der Waals surface area contributed by atoms with Gasteiger partial charge in [0, 0.05) is 11.3 Å². The van der Waals surface area contributed by atoms with Crippen LogP contribution in [0.1, 0.15) is 0 Å². The third-order valence-electron chi connectivity index (χ3n) is 1.61. The zero-order valence-electron chi connectivity index (χ0n) is 6.22. The Bertz CT molecular complexity index is 452. The van der Waals surface area contributed by atoms with Crippen molar-refractivity contribution in [3.05, 3.63) is 6.07 Å². The zero-order chi connectivity index (χ0) is 9.42. The Morgan fingerprint density at radius 1 is 1.38 bits per heavy atom. The average molecular weight is 183 g/mol. The quantitative estimate of drug-likeness (QED) is 0.374. The van der Waals surface area contributed by atoms with Gasteiger partial charge in [-0.15, -0.1) is 5.10 Å². The van der Waals surface area contributed by atoms with Gasteiger partial charge in [0.15, 0.2) is 22.6 Å². The van der Waals surface area contributed by atoms with Gasteiger partial charge in [-0.1, -0.05) is 0 Å². The number of nitrogens with one attached hydrogen (secondary N) is 1. The predicted molar refractivity (Wildman–Crippen MR) is 40.5 cm³/mol. The van der Waals surface area contributed by atoms with Gasteiger partial charge >= 0.3 is 0 Å². The lowest BCUT2D eigenvalue weighted by atomic mass is 10.2. The fraction of sp³-hybridized carbons (Fsp3) is 0. The molecule has 0 fully saturated rings. The molecule has 0 spiro atoms. The van der Waals surface area contributed by atoms with E-state index in [0.29, 0.717) is 0 Å². The molecule has 1 aromatic heterocycles. The Labute approximate surface area is 71.2 Å². The highest BCUT2D eigenvalue weighted by atomic mass is 16.5. The number of rotatable bonds is 1. The van der Waals surface area contributed by atoms with E-state index in [1.807, 2.05) is 0 Å². The number of phenols is 2. The highest BCUT2D eigenvalue weighted by Gasteiger charge is 2.15. The molecular formula is C6H5N3O4. The SMILES string of the molecule is ONc1c(O)c(O)cc2onnc12. The van der Waals surface area contributed by atoms with Crippen LogP contribution in [-0.2, 0) is 0 Å². The van der Waals surface area contributed by atoms with Gasteiger partial charge in [-0.3, -0.25) is 10.7 Å². The number of hydrogen-bond donors (Lipinski definition) is 4. The maximum Gasteiger partial charge on any atom is 0.193 e. The van der Waals surface area contributed by atoms with Crippen molar-refractivity contribution in [2.75, 3.05) is 5.48 Å². The summed E-state index contributed by atoms with van der Waals surface area (Å²) in [7, 11) is 0. The lowest BCUT2D eigenvalue weighted by Gasteiger charge is -2.02. The number of benzene rings is 1. The second-order valence-corrected chi connectivity index (χ2v) is 2.35. The number of fused-ring (bicyclic) bond motifs is 1. The minimum Gasteiger partial charge on any atom is -0.504 e. The van der Waals surface area contributed by atoms with Crippen molar-refractivity contribution in [1.82, 2.24) is 10.4 Å². The van der Waals surface area contributed by atoms with Crippen molar-refractivity contribution < 1.29 is 19.9 Å². The molecule has 0 saturated heterocycles. The summed E-state index contributed by atoms with van der Waals surface area (Å²) in [5, 5.41) is 33.7. The van der Waals surface area contributed by atoms with Crippen molar-refractivity contribution in [2.24, 2.45) is 0 Å². The standard InChI is InChI=1S/C6H5N3O4/c10-2-1-3-4(7-9-13-3)5(8-12)6(2)11/h1,8,10-12H. The molecular weight excluding hydrogens is 178 g/mol. The number of nitrogens with zero attached hydrogens (tertiary/aromatic N) is 2. The molecule has 0 amide bonds. The first-order chi connectivity index (χ1) is 6.24. The fourth-order valence-electron chi connectivity index (χ4n) is 1.00. The van der Waals surface area contributed by atoms with Gasteiger partial charge in [0.05, 0.1) is 0 Å². The van der Waals surface area contributed by atoms with Gasteiger partial charge in [-0.25, -0.2) is 0 Å². The second-order valence-electron chi connectivity index (χ2n) is 2.35. The van der Waals surface area contributed by atoms with E-state index in [9.17, 15) is 5.11 Å². The van der Waals surface area contributed by atoms with E-state index in [4.69, 9.17) is 10.3 Å². The van der Waals surface area contributed by atoms with Crippen molar-refractivity contribution >= 4 is 16.8 Å². The minimum absolute atomic E-state index is 0.137. The molecule has 1 heterocycles. The summed E-state index contributed by atoms with van der Waals surface area (Å²) >= 11 is 0. The summed E-state index contributed by atoms with van der Waals surface area (Å²) in [4.78, 5) is 0. The Hall–Kier alpha value is -2.02. The summed E-state index contributed by atoms with van der Waals surface area (Å²) in [5.41, 5.74) is 1.85. The molecule has 2 aromatic rings. The van der Waals surface area contributed by atoms with Crippen LogP contribution in [0.25, 0.3) is 11.1 Å². The van der Waals surface area contributed by atoms with E-state index in [0.717, 1.165) is 6.07 Å². The Morgan fingerprint density at radius 2 is 2.15 bits per heavy atom. The van der Waals surface area contributed by atoms with Crippen LogP contribution in [0.15, 0.2) is 10.6 Å². The molecule has 1 aromatic carbocycles. The van der Waals surface area contributed by atoms with Crippen LogP contribution in [0.4, 0.5) is 5.69 Å². The van der Waals surface area contributed by atoms with Crippen molar-refractivity contribution in [3.8, 4) is 11.5 Å². The third kappa shape index (κ3) is 0.942. The molecule has 0 aliphatic rings. The Morgan fingerprint density at radius 3 is 2.85 bits per heavy atom. The van der Waals surface area contributed by atoms with Crippen LogP contribution in [-0.4, -0.2) is 25.8 Å². The summed E-state index contributed by atoms with van der Waals surface area (Å²) in [5.74, 6) is -0.937. The molecule has 2 rings (SSSR count). The van der Waals surface area contributed by atoms with E-state index in [-0.39, 0.29) is 16.8 Å². The van der Waals surface area contributed by atoms with Crippen LogP contribution in [0.5, 0.6) is 11.5 Å². The molecule has 7 nitrogen and oxygen atoms in total. The monoisotopic (exact) mass is 183 g/mol. The molecule has 0 aliphatic carbocycles. The smallest absolute Gasteiger partial charge is 0.193 e. The summed E-state index contributed by atoms with van der Waals surface area (Å²) < 4.78 is 4.61. The number of hydrogen-bond acceptors (Lipinski definition) is 7. The van der Waals surface area contributed by atoms with E-state index >= 15 is 0 Å².